The highest BCUT2D eigenvalue weighted by atomic mass is 16.7. The van der Waals surface area contributed by atoms with Crippen LogP contribution in [0.5, 0.6) is 28.7 Å². The van der Waals surface area contributed by atoms with E-state index in [-0.39, 0.29) is 19.1 Å². The molecule has 7 heteroatoms. The predicted octanol–water partition coefficient (Wildman–Crippen LogP) is 5.06. The monoisotopic (exact) mass is 444 g/mol. The molecule has 6 rings (SSSR count). The van der Waals surface area contributed by atoms with Crippen LogP contribution in [0, 0.1) is 0 Å². The van der Waals surface area contributed by atoms with E-state index in [1.54, 1.807) is 7.11 Å². The number of hydrogen-bond acceptors (Lipinski definition) is 7. The summed E-state index contributed by atoms with van der Waals surface area (Å²) in [5.41, 5.74) is 4.09. The number of fused-ring (bicyclic) bond motifs is 4. The van der Waals surface area contributed by atoms with Crippen molar-refractivity contribution in [2.45, 2.75) is 25.6 Å². The zero-order valence-electron chi connectivity index (χ0n) is 18.5. The van der Waals surface area contributed by atoms with Crippen LogP contribution in [0.15, 0.2) is 65.8 Å². The number of hydrazone groups is 1. The maximum Gasteiger partial charge on any atom is 0.231 e. The van der Waals surface area contributed by atoms with Gasteiger partial charge in [0.2, 0.25) is 13.0 Å². The molecular weight excluding hydrogens is 420 g/mol. The Morgan fingerprint density at radius 2 is 1.85 bits per heavy atom. The van der Waals surface area contributed by atoms with Gasteiger partial charge in [0.05, 0.1) is 25.5 Å². The van der Waals surface area contributed by atoms with E-state index < -0.39 is 0 Å². The summed E-state index contributed by atoms with van der Waals surface area (Å²) in [6.07, 6.45) is 0.381. The van der Waals surface area contributed by atoms with E-state index in [1.165, 1.54) is 0 Å². The van der Waals surface area contributed by atoms with E-state index in [2.05, 4.69) is 11.1 Å². The highest BCUT2D eigenvalue weighted by molar-refractivity contribution is 6.02. The van der Waals surface area contributed by atoms with Crippen LogP contribution >= 0.6 is 0 Å². The van der Waals surface area contributed by atoms with Crippen molar-refractivity contribution < 1.29 is 23.7 Å². The van der Waals surface area contributed by atoms with Gasteiger partial charge in [-0.2, -0.15) is 5.10 Å². The Kier molecular flexibility index (Phi) is 4.75. The molecule has 0 amide bonds. The Hall–Kier alpha value is -3.87. The first-order chi connectivity index (χ1) is 16.2. The molecule has 0 aliphatic carbocycles. The Bertz CT molecular complexity index is 1240. The van der Waals surface area contributed by atoms with E-state index in [0.717, 1.165) is 46.1 Å². The lowest BCUT2D eigenvalue weighted by molar-refractivity contribution is -0.0191. The van der Waals surface area contributed by atoms with Crippen molar-refractivity contribution in [2.24, 2.45) is 5.10 Å². The normalized spacial score (nSPS) is 19.9. The number of ether oxygens (including phenoxy) is 5. The van der Waals surface area contributed by atoms with Crippen molar-refractivity contribution in [1.29, 1.82) is 0 Å². The van der Waals surface area contributed by atoms with Gasteiger partial charge in [-0.25, -0.2) is 5.01 Å². The lowest BCUT2D eigenvalue weighted by Crippen LogP contribution is -2.33. The zero-order valence-corrected chi connectivity index (χ0v) is 18.5. The fraction of sp³-hybridized carbons (Fsp3) is 0.269. The minimum Gasteiger partial charge on any atom is -0.493 e. The second-order valence-electron chi connectivity index (χ2n) is 8.07. The van der Waals surface area contributed by atoms with Gasteiger partial charge in [0.15, 0.2) is 23.0 Å². The average Bonchev–Trinajstić information content (AvgIpc) is 3.51. The summed E-state index contributed by atoms with van der Waals surface area (Å²) in [6.45, 7) is 2.78. The van der Waals surface area contributed by atoms with Gasteiger partial charge in [-0.1, -0.05) is 18.2 Å². The number of hydrogen-bond donors (Lipinski definition) is 0. The molecule has 0 N–H and O–H groups in total. The summed E-state index contributed by atoms with van der Waals surface area (Å²) in [5, 5.41) is 7.09. The zero-order chi connectivity index (χ0) is 22.4. The molecule has 33 heavy (non-hydrogen) atoms. The van der Waals surface area contributed by atoms with Crippen molar-refractivity contribution >= 4 is 5.71 Å². The number of methoxy groups -OCH3 is 1. The van der Waals surface area contributed by atoms with E-state index in [0.29, 0.717) is 18.1 Å². The quantitative estimate of drug-likeness (QED) is 0.548. The summed E-state index contributed by atoms with van der Waals surface area (Å²) in [4.78, 5) is 0. The molecule has 3 aromatic carbocycles. The van der Waals surface area contributed by atoms with Crippen molar-refractivity contribution in [3.63, 3.8) is 0 Å². The molecule has 0 fully saturated rings. The topological polar surface area (TPSA) is 61.8 Å². The standard InChI is InChI=1S/C26H24N2O5/c1-3-30-22-11-9-17(13-24(22)29-2)26-28-20(18-6-4-5-7-21(18)33-26)14-19(27-28)16-8-10-23-25(12-16)32-15-31-23/h4-13,20,26H,3,14-15H2,1-2H3/t20-,26+/m1/s1. The van der Waals surface area contributed by atoms with Crippen molar-refractivity contribution in [1.82, 2.24) is 5.01 Å². The molecule has 3 aliphatic rings. The summed E-state index contributed by atoms with van der Waals surface area (Å²) in [6, 6.07) is 20.1. The van der Waals surface area contributed by atoms with Crippen LogP contribution in [0.1, 0.15) is 42.3 Å². The number of benzene rings is 3. The molecule has 7 nitrogen and oxygen atoms in total. The highest BCUT2D eigenvalue weighted by Gasteiger charge is 2.41. The van der Waals surface area contributed by atoms with Gasteiger partial charge in [-0.15, -0.1) is 0 Å². The van der Waals surface area contributed by atoms with Crippen LogP contribution in [0.2, 0.25) is 0 Å². The minimum absolute atomic E-state index is 0.0675. The third-order valence-corrected chi connectivity index (χ3v) is 6.18. The van der Waals surface area contributed by atoms with Crippen LogP contribution in [0.25, 0.3) is 0 Å². The molecule has 3 heterocycles. The van der Waals surface area contributed by atoms with E-state index in [9.17, 15) is 0 Å². The fourth-order valence-electron chi connectivity index (χ4n) is 4.62. The maximum atomic E-state index is 6.47. The molecule has 0 bridgehead atoms. The predicted molar refractivity (Wildman–Crippen MR) is 122 cm³/mol. The molecule has 3 aliphatic heterocycles. The van der Waals surface area contributed by atoms with Crippen molar-refractivity contribution in [2.75, 3.05) is 20.5 Å². The lowest BCUT2D eigenvalue weighted by atomic mass is 9.95. The second-order valence-corrected chi connectivity index (χ2v) is 8.07. The van der Waals surface area contributed by atoms with E-state index >= 15 is 0 Å². The summed E-state index contributed by atoms with van der Waals surface area (Å²) in [5.74, 6) is 3.78. The molecule has 0 saturated carbocycles. The summed E-state index contributed by atoms with van der Waals surface area (Å²) >= 11 is 0. The van der Waals surface area contributed by atoms with Crippen LogP contribution in [-0.2, 0) is 0 Å². The highest BCUT2D eigenvalue weighted by Crippen LogP contribution is 2.48. The molecule has 0 aromatic heterocycles. The summed E-state index contributed by atoms with van der Waals surface area (Å²) in [7, 11) is 1.65. The first kappa shape index (κ1) is 19.8. The van der Waals surface area contributed by atoms with Gasteiger partial charge in [0, 0.05) is 23.1 Å². The summed E-state index contributed by atoms with van der Waals surface area (Å²) < 4.78 is 28.8. The van der Waals surface area contributed by atoms with Crippen LogP contribution in [0.4, 0.5) is 0 Å². The molecule has 3 aromatic rings. The minimum atomic E-state index is -0.388. The van der Waals surface area contributed by atoms with Crippen LogP contribution < -0.4 is 23.7 Å². The Labute approximate surface area is 192 Å². The third kappa shape index (κ3) is 3.31. The van der Waals surface area contributed by atoms with Crippen molar-refractivity contribution in [3.05, 3.63) is 77.4 Å². The van der Waals surface area contributed by atoms with Crippen molar-refractivity contribution in [3.8, 4) is 28.7 Å². The van der Waals surface area contributed by atoms with Gasteiger partial charge < -0.3 is 23.7 Å². The van der Waals surface area contributed by atoms with Gasteiger partial charge in [0.25, 0.3) is 0 Å². The average molecular weight is 444 g/mol. The number of rotatable bonds is 5. The Balaban J connectivity index is 1.41. The molecule has 0 unspecified atom stereocenters. The van der Waals surface area contributed by atoms with Crippen LogP contribution in [0.3, 0.4) is 0 Å². The Morgan fingerprint density at radius 3 is 2.73 bits per heavy atom. The van der Waals surface area contributed by atoms with Gasteiger partial charge in [-0.05, 0) is 49.4 Å². The molecule has 2 atom stereocenters. The maximum absolute atomic E-state index is 6.47. The van der Waals surface area contributed by atoms with Gasteiger partial charge >= 0.3 is 0 Å². The first-order valence-electron chi connectivity index (χ1n) is 11.1. The van der Waals surface area contributed by atoms with Gasteiger partial charge in [-0.3, -0.25) is 0 Å². The third-order valence-electron chi connectivity index (χ3n) is 6.18. The van der Waals surface area contributed by atoms with Gasteiger partial charge in [0.1, 0.15) is 5.75 Å². The Morgan fingerprint density at radius 1 is 0.970 bits per heavy atom. The molecule has 0 spiro atoms. The number of nitrogens with zero attached hydrogens (tertiary/aromatic N) is 2. The molecular formula is C26H24N2O5. The lowest BCUT2D eigenvalue weighted by Gasteiger charge is -2.38. The smallest absolute Gasteiger partial charge is 0.231 e. The fourth-order valence-corrected chi connectivity index (χ4v) is 4.62. The first-order valence-corrected chi connectivity index (χ1v) is 11.1. The molecule has 0 saturated heterocycles. The van der Waals surface area contributed by atoms with E-state index in [1.807, 2.05) is 61.5 Å². The van der Waals surface area contributed by atoms with Crippen LogP contribution in [-0.4, -0.2) is 31.2 Å². The van der Waals surface area contributed by atoms with E-state index in [4.69, 9.17) is 28.8 Å². The molecule has 168 valence electrons. The number of para-hydroxylation sites is 1. The molecule has 0 radical (unpaired) electrons. The largest absolute Gasteiger partial charge is 0.493 e. The SMILES string of the molecule is CCOc1ccc([C@@H]2Oc3ccccc3[C@H]3CC(c4ccc5c(c4)OCO5)=NN32)cc1OC. The second kappa shape index (κ2) is 7.92.